The summed E-state index contributed by atoms with van der Waals surface area (Å²) in [7, 11) is 0. The third-order valence-corrected chi connectivity index (χ3v) is 14.3. The first kappa shape index (κ1) is 37.3. The van der Waals surface area contributed by atoms with E-state index >= 15 is 0 Å². The average molecular weight is 806 g/mol. The molecule has 0 fully saturated rings. The van der Waals surface area contributed by atoms with Gasteiger partial charge in [0.05, 0.1) is 5.69 Å². The van der Waals surface area contributed by atoms with Gasteiger partial charge in [-0.25, -0.2) is 0 Å². The maximum Gasteiger partial charge on any atom is 0.0546 e. The second kappa shape index (κ2) is 14.0. The highest BCUT2D eigenvalue weighted by molar-refractivity contribution is 6.16. The average Bonchev–Trinajstić information content (AvgIpc) is 3.70. The number of rotatable bonds is 6. The first-order valence-electron chi connectivity index (χ1n) is 22.3. The van der Waals surface area contributed by atoms with E-state index in [0.29, 0.717) is 0 Å². The molecule has 0 atom stereocenters. The third-order valence-electron chi connectivity index (χ3n) is 14.3. The van der Waals surface area contributed by atoms with Gasteiger partial charge in [0, 0.05) is 27.8 Å². The van der Waals surface area contributed by atoms with Gasteiger partial charge in [-0.05, 0) is 136 Å². The Labute approximate surface area is 370 Å². The van der Waals surface area contributed by atoms with Crippen LogP contribution in [0.1, 0.15) is 49.9 Å². The minimum Gasteiger partial charge on any atom is -0.310 e. The zero-order valence-corrected chi connectivity index (χ0v) is 36.2. The summed E-state index contributed by atoms with van der Waals surface area (Å²) in [5.74, 6) is 0. The monoisotopic (exact) mass is 805 g/mol. The largest absolute Gasteiger partial charge is 0.310 e. The lowest BCUT2D eigenvalue weighted by atomic mass is 9.81. The summed E-state index contributed by atoms with van der Waals surface area (Å²) in [6, 6.07) is 79.3. The molecule has 2 aliphatic carbocycles. The molecule has 0 aromatic heterocycles. The maximum atomic E-state index is 2.52. The molecule has 0 saturated heterocycles. The van der Waals surface area contributed by atoms with Gasteiger partial charge in [-0.15, -0.1) is 0 Å². The second-order valence-corrected chi connectivity index (χ2v) is 18.5. The number of hydrogen-bond donors (Lipinski definition) is 0. The molecule has 0 N–H and O–H groups in total. The fraction of sp³-hybridized carbons (Fsp3) is 0.0968. The van der Waals surface area contributed by atoms with Gasteiger partial charge in [-0.1, -0.05) is 198 Å². The third kappa shape index (κ3) is 5.69. The quantitative estimate of drug-likeness (QED) is 0.151. The molecule has 0 spiro atoms. The Bertz CT molecular complexity index is 3440. The van der Waals surface area contributed by atoms with E-state index in [9.17, 15) is 0 Å². The minimum absolute atomic E-state index is 0.0946. The van der Waals surface area contributed by atoms with Gasteiger partial charge in [0.15, 0.2) is 0 Å². The normalized spacial score (nSPS) is 14.0. The van der Waals surface area contributed by atoms with Crippen molar-refractivity contribution in [3.8, 4) is 55.6 Å². The molecular weight excluding hydrogens is 759 g/mol. The zero-order valence-electron chi connectivity index (χ0n) is 36.2. The molecule has 0 bridgehead atoms. The number of hydrogen-bond acceptors (Lipinski definition) is 1. The van der Waals surface area contributed by atoms with E-state index in [-0.39, 0.29) is 10.8 Å². The number of anilines is 3. The van der Waals surface area contributed by atoms with Crippen LogP contribution in [0.5, 0.6) is 0 Å². The van der Waals surface area contributed by atoms with Crippen molar-refractivity contribution in [2.75, 3.05) is 4.90 Å². The van der Waals surface area contributed by atoms with E-state index < -0.39 is 0 Å². The van der Waals surface area contributed by atoms with Gasteiger partial charge >= 0.3 is 0 Å². The number of fused-ring (bicyclic) bond motifs is 9. The van der Waals surface area contributed by atoms with E-state index in [1.165, 1.54) is 99.4 Å². The summed E-state index contributed by atoms with van der Waals surface area (Å²) in [6.07, 6.45) is 0. The summed E-state index contributed by atoms with van der Waals surface area (Å²) in [4.78, 5) is 2.52. The van der Waals surface area contributed by atoms with Crippen LogP contribution in [0.3, 0.4) is 0 Å². The van der Waals surface area contributed by atoms with Crippen molar-refractivity contribution in [1.29, 1.82) is 0 Å². The molecular formula is C62H47N. The summed E-state index contributed by atoms with van der Waals surface area (Å²) in [5.41, 5.74) is 21.1. The lowest BCUT2D eigenvalue weighted by Crippen LogP contribution is -2.17. The lowest BCUT2D eigenvalue weighted by molar-refractivity contribution is 0.660. The van der Waals surface area contributed by atoms with Gasteiger partial charge in [-0.2, -0.15) is 0 Å². The molecule has 0 radical (unpaired) electrons. The van der Waals surface area contributed by atoms with Crippen LogP contribution >= 0.6 is 0 Å². The molecule has 0 aliphatic heterocycles. The Morgan fingerprint density at radius 3 is 1.60 bits per heavy atom. The molecule has 10 aromatic rings. The standard InChI is InChI=1S/C62H47N/c1-61(2)56-27-15-13-24-50(56)54-38-43(31-36-57(54)61)60-52(53-37-42-19-8-9-20-46(42)47-21-10-11-22-48(47)53)25-16-28-59(60)63(44-32-29-41(30-33-44)40-17-6-5-7-18-40)45-34-35-51-49-23-12-14-26-55(49)62(3,4)58(51)39-45/h5-39H,1-4H3. The summed E-state index contributed by atoms with van der Waals surface area (Å²) >= 11 is 0. The van der Waals surface area contributed by atoms with Crippen LogP contribution in [0.25, 0.3) is 77.2 Å². The highest BCUT2D eigenvalue weighted by Gasteiger charge is 2.37. The van der Waals surface area contributed by atoms with Crippen molar-refractivity contribution >= 4 is 38.6 Å². The Morgan fingerprint density at radius 2 is 0.841 bits per heavy atom. The van der Waals surface area contributed by atoms with Crippen molar-refractivity contribution in [1.82, 2.24) is 0 Å². The molecule has 0 amide bonds. The second-order valence-electron chi connectivity index (χ2n) is 18.5. The predicted octanol–water partition coefficient (Wildman–Crippen LogP) is 17.1. The van der Waals surface area contributed by atoms with Crippen LogP contribution in [0.15, 0.2) is 212 Å². The van der Waals surface area contributed by atoms with Crippen LogP contribution in [0.4, 0.5) is 17.1 Å². The van der Waals surface area contributed by atoms with Crippen molar-refractivity contribution in [3.63, 3.8) is 0 Å². The first-order valence-corrected chi connectivity index (χ1v) is 22.3. The Kier molecular flexibility index (Phi) is 8.30. The van der Waals surface area contributed by atoms with Crippen molar-refractivity contribution < 1.29 is 0 Å². The van der Waals surface area contributed by atoms with Gasteiger partial charge in [-0.3, -0.25) is 0 Å². The topological polar surface area (TPSA) is 3.24 Å². The Morgan fingerprint density at radius 1 is 0.302 bits per heavy atom. The minimum atomic E-state index is -0.153. The molecule has 10 aromatic carbocycles. The number of benzene rings is 10. The molecule has 2 aliphatic rings. The van der Waals surface area contributed by atoms with Crippen molar-refractivity contribution in [3.05, 3.63) is 235 Å². The van der Waals surface area contributed by atoms with Crippen LogP contribution in [0.2, 0.25) is 0 Å². The number of nitrogens with zero attached hydrogens (tertiary/aromatic N) is 1. The smallest absolute Gasteiger partial charge is 0.0546 e. The van der Waals surface area contributed by atoms with Crippen molar-refractivity contribution in [2.45, 2.75) is 38.5 Å². The predicted molar refractivity (Wildman–Crippen MR) is 268 cm³/mol. The van der Waals surface area contributed by atoms with Gasteiger partial charge in [0.25, 0.3) is 0 Å². The molecule has 1 nitrogen and oxygen atoms in total. The zero-order chi connectivity index (χ0) is 42.5. The maximum absolute atomic E-state index is 2.52. The van der Waals surface area contributed by atoms with E-state index in [4.69, 9.17) is 0 Å². The SMILES string of the molecule is CC1(C)c2ccccc2-c2cc(-c3c(-c4cc5ccccc5c5ccccc45)cccc3N(c3ccc(-c4ccccc4)cc3)c3ccc4c(c3)C(C)(C)c3ccccc3-4)ccc21. The summed E-state index contributed by atoms with van der Waals surface area (Å²) in [5, 5.41) is 5.02. The van der Waals surface area contributed by atoms with Gasteiger partial charge in [0.2, 0.25) is 0 Å². The highest BCUT2D eigenvalue weighted by atomic mass is 15.1. The van der Waals surface area contributed by atoms with Gasteiger partial charge in [0.1, 0.15) is 0 Å². The summed E-state index contributed by atoms with van der Waals surface area (Å²) in [6.45, 7) is 9.49. The van der Waals surface area contributed by atoms with Crippen LogP contribution in [-0.4, -0.2) is 0 Å². The van der Waals surface area contributed by atoms with E-state index in [0.717, 1.165) is 17.1 Å². The van der Waals surface area contributed by atoms with E-state index in [1.807, 2.05) is 0 Å². The van der Waals surface area contributed by atoms with Crippen LogP contribution < -0.4 is 4.90 Å². The molecule has 12 rings (SSSR count). The molecule has 1 heteroatoms. The van der Waals surface area contributed by atoms with Crippen LogP contribution in [0, 0.1) is 0 Å². The Hall–Kier alpha value is -7.48. The van der Waals surface area contributed by atoms with Gasteiger partial charge < -0.3 is 4.90 Å². The molecule has 300 valence electrons. The van der Waals surface area contributed by atoms with Crippen LogP contribution in [-0.2, 0) is 10.8 Å². The first-order chi connectivity index (χ1) is 30.8. The molecule has 0 saturated carbocycles. The fourth-order valence-electron chi connectivity index (χ4n) is 11.1. The molecule has 0 heterocycles. The van der Waals surface area contributed by atoms with E-state index in [2.05, 4.69) is 245 Å². The molecule has 0 unspecified atom stereocenters. The Balaban J connectivity index is 1.16. The van der Waals surface area contributed by atoms with E-state index in [1.54, 1.807) is 0 Å². The lowest BCUT2D eigenvalue weighted by Gasteiger charge is -2.31. The summed E-state index contributed by atoms with van der Waals surface area (Å²) < 4.78 is 0. The highest BCUT2D eigenvalue weighted by Crippen LogP contribution is 2.55. The van der Waals surface area contributed by atoms with Crippen molar-refractivity contribution in [2.24, 2.45) is 0 Å². The fourth-order valence-corrected chi connectivity index (χ4v) is 11.1. The molecule has 63 heavy (non-hydrogen) atoms.